The number of hydrogen-bond donors (Lipinski definition) is 4. The molecule has 1 heterocycles. The summed E-state index contributed by atoms with van der Waals surface area (Å²) in [6.45, 7) is 1.04. The topological polar surface area (TPSA) is 145 Å². The highest BCUT2D eigenvalue weighted by atomic mass is 32.2. The molecule has 10 heteroatoms. The lowest BCUT2D eigenvalue weighted by atomic mass is 9.81. The van der Waals surface area contributed by atoms with Crippen molar-refractivity contribution < 1.29 is 18.0 Å². The molecular weight excluding hydrogens is 442 g/mol. The Morgan fingerprint density at radius 3 is 2.27 bits per heavy atom. The molecule has 3 fully saturated rings. The number of carbonyl (C=O) groups is 2. The van der Waals surface area contributed by atoms with Gasteiger partial charge in [0, 0.05) is 19.0 Å². The normalized spacial score (nSPS) is 27.8. The van der Waals surface area contributed by atoms with Crippen LogP contribution in [0.25, 0.3) is 0 Å². The molecule has 2 aliphatic carbocycles. The molecule has 33 heavy (non-hydrogen) atoms. The van der Waals surface area contributed by atoms with Crippen molar-refractivity contribution in [2.75, 3.05) is 19.3 Å². The van der Waals surface area contributed by atoms with E-state index in [2.05, 4.69) is 10.0 Å². The molecule has 188 valence electrons. The van der Waals surface area contributed by atoms with E-state index >= 15 is 0 Å². The molecule has 2 amide bonds. The van der Waals surface area contributed by atoms with Gasteiger partial charge in [0.15, 0.2) is 0 Å². The Bertz CT molecular complexity index is 804. The minimum absolute atomic E-state index is 0.148. The molecule has 0 aromatic heterocycles. The zero-order valence-electron chi connectivity index (χ0n) is 19.9. The van der Waals surface area contributed by atoms with E-state index in [9.17, 15) is 18.0 Å². The molecule has 9 nitrogen and oxygen atoms in total. The van der Waals surface area contributed by atoms with Crippen molar-refractivity contribution in [1.29, 1.82) is 5.41 Å². The third-order valence-electron chi connectivity index (χ3n) is 7.64. The maximum absolute atomic E-state index is 13.4. The summed E-state index contributed by atoms with van der Waals surface area (Å²) in [6.07, 6.45) is 12.0. The van der Waals surface area contributed by atoms with Gasteiger partial charge in [-0.25, -0.2) is 13.1 Å². The summed E-state index contributed by atoms with van der Waals surface area (Å²) in [5, 5.41) is 10.6. The predicted octanol–water partition coefficient (Wildman–Crippen LogP) is 1.72. The second-order valence-corrected chi connectivity index (χ2v) is 12.1. The lowest BCUT2D eigenvalue weighted by molar-refractivity contribution is -0.140. The smallest absolute Gasteiger partial charge is 0.242 e. The molecule has 0 unspecified atom stereocenters. The summed E-state index contributed by atoms with van der Waals surface area (Å²) in [5.41, 5.74) is 5.62. The van der Waals surface area contributed by atoms with Gasteiger partial charge in [-0.3, -0.25) is 15.0 Å². The average Bonchev–Trinajstić information content (AvgIpc) is 3.26. The summed E-state index contributed by atoms with van der Waals surface area (Å²) >= 11 is 0. The number of nitrogens with one attached hydrogen (secondary N) is 3. The zero-order valence-corrected chi connectivity index (χ0v) is 20.7. The number of carbonyl (C=O) groups excluding carboxylic acids is 2. The van der Waals surface area contributed by atoms with Crippen molar-refractivity contribution in [2.45, 2.75) is 89.1 Å². The molecule has 3 rings (SSSR count). The fourth-order valence-corrected chi connectivity index (χ4v) is 6.47. The van der Waals surface area contributed by atoms with Gasteiger partial charge in [-0.15, -0.1) is 0 Å². The van der Waals surface area contributed by atoms with Crippen LogP contribution in [0.5, 0.6) is 0 Å². The summed E-state index contributed by atoms with van der Waals surface area (Å²) in [6, 6.07) is -1.35. The minimum Gasteiger partial charge on any atom is -0.387 e. The van der Waals surface area contributed by atoms with Crippen LogP contribution in [-0.2, 0) is 19.6 Å². The standard InChI is InChI=1S/C23H41N5O4S/c1-33(31,32)27-19(14-16-6-3-2-4-7-16)23(30)28-13-5-8-20(28)22(29)26-15-17-9-11-18(12-10-17)21(24)25/h16-20,27H,2-15H2,1H3,(H3,24,25)(H,26,29)/t17?,18?,19-,20+/m1/s1. The number of rotatable bonds is 9. The van der Waals surface area contributed by atoms with Gasteiger partial charge in [0.25, 0.3) is 0 Å². The van der Waals surface area contributed by atoms with E-state index in [0.29, 0.717) is 37.8 Å². The van der Waals surface area contributed by atoms with E-state index in [-0.39, 0.29) is 23.6 Å². The molecule has 1 aliphatic heterocycles. The summed E-state index contributed by atoms with van der Waals surface area (Å²) < 4.78 is 26.5. The van der Waals surface area contributed by atoms with Gasteiger partial charge in [-0.2, -0.15) is 0 Å². The molecule has 1 saturated heterocycles. The van der Waals surface area contributed by atoms with Crippen molar-refractivity contribution in [3.8, 4) is 0 Å². The largest absolute Gasteiger partial charge is 0.387 e. The van der Waals surface area contributed by atoms with Crippen molar-refractivity contribution in [1.82, 2.24) is 14.9 Å². The van der Waals surface area contributed by atoms with Gasteiger partial charge < -0.3 is 16.0 Å². The van der Waals surface area contributed by atoms with Crippen LogP contribution in [0.15, 0.2) is 0 Å². The van der Waals surface area contributed by atoms with E-state index < -0.39 is 22.1 Å². The monoisotopic (exact) mass is 483 g/mol. The Morgan fingerprint density at radius 2 is 1.67 bits per heavy atom. The van der Waals surface area contributed by atoms with E-state index in [0.717, 1.165) is 64.0 Å². The Labute approximate surface area is 198 Å². The maximum atomic E-state index is 13.4. The van der Waals surface area contributed by atoms with Crippen LogP contribution < -0.4 is 15.8 Å². The molecule has 0 radical (unpaired) electrons. The summed E-state index contributed by atoms with van der Waals surface area (Å²) in [4.78, 5) is 28.0. The molecular formula is C23H41N5O4S. The molecule has 2 saturated carbocycles. The first-order chi connectivity index (χ1) is 15.6. The van der Waals surface area contributed by atoms with E-state index in [1.54, 1.807) is 4.90 Å². The van der Waals surface area contributed by atoms with Gasteiger partial charge in [0.1, 0.15) is 12.1 Å². The minimum atomic E-state index is -3.54. The number of sulfonamides is 1. The van der Waals surface area contributed by atoms with Crippen molar-refractivity contribution in [2.24, 2.45) is 23.5 Å². The van der Waals surface area contributed by atoms with Crippen LogP contribution in [0.3, 0.4) is 0 Å². The summed E-state index contributed by atoms with van der Waals surface area (Å²) in [7, 11) is -3.54. The van der Waals surface area contributed by atoms with Crippen LogP contribution in [0.2, 0.25) is 0 Å². The van der Waals surface area contributed by atoms with Gasteiger partial charge in [0.2, 0.25) is 21.8 Å². The Kier molecular flexibility index (Phi) is 9.15. The first kappa shape index (κ1) is 25.9. The number of nitrogens with two attached hydrogens (primary N) is 1. The molecule has 0 bridgehead atoms. The maximum Gasteiger partial charge on any atom is 0.242 e. The van der Waals surface area contributed by atoms with Gasteiger partial charge in [-0.05, 0) is 56.8 Å². The molecule has 3 aliphatic rings. The zero-order chi connectivity index (χ0) is 24.0. The average molecular weight is 484 g/mol. The first-order valence-electron chi connectivity index (χ1n) is 12.5. The molecule has 5 N–H and O–H groups in total. The number of amides is 2. The van der Waals surface area contributed by atoms with Crippen LogP contribution in [0.4, 0.5) is 0 Å². The Hall–Kier alpha value is -1.68. The van der Waals surface area contributed by atoms with Gasteiger partial charge in [0.05, 0.1) is 12.1 Å². The molecule has 0 aromatic carbocycles. The van der Waals surface area contributed by atoms with Crippen molar-refractivity contribution in [3.05, 3.63) is 0 Å². The third kappa shape index (κ3) is 7.67. The molecule has 2 atom stereocenters. The van der Waals surface area contributed by atoms with Crippen LogP contribution in [0, 0.1) is 23.2 Å². The number of nitrogens with zero attached hydrogens (tertiary/aromatic N) is 1. The van der Waals surface area contributed by atoms with E-state index in [4.69, 9.17) is 11.1 Å². The second-order valence-electron chi connectivity index (χ2n) is 10.3. The SMILES string of the molecule is CS(=O)(=O)N[C@H](CC1CCCCC1)C(=O)N1CCC[C@H]1C(=O)NCC1CCC(C(=N)N)CC1. The third-order valence-corrected chi connectivity index (χ3v) is 8.35. The highest BCUT2D eigenvalue weighted by Crippen LogP contribution is 2.30. The highest BCUT2D eigenvalue weighted by molar-refractivity contribution is 7.88. The summed E-state index contributed by atoms with van der Waals surface area (Å²) in [5.74, 6) is 0.686. The van der Waals surface area contributed by atoms with Gasteiger partial charge in [-0.1, -0.05) is 32.1 Å². The lowest BCUT2D eigenvalue weighted by Gasteiger charge is -2.32. The number of likely N-dealkylation sites (tertiary alicyclic amines) is 1. The van der Waals surface area contributed by atoms with Crippen LogP contribution >= 0.6 is 0 Å². The van der Waals surface area contributed by atoms with E-state index in [1.807, 2.05) is 0 Å². The van der Waals surface area contributed by atoms with Crippen molar-refractivity contribution in [3.63, 3.8) is 0 Å². The van der Waals surface area contributed by atoms with Crippen molar-refractivity contribution >= 4 is 27.7 Å². The number of hydrogen-bond acceptors (Lipinski definition) is 5. The van der Waals surface area contributed by atoms with E-state index in [1.165, 1.54) is 6.42 Å². The van der Waals surface area contributed by atoms with Crippen LogP contribution in [-0.4, -0.2) is 62.4 Å². The van der Waals surface area contributed by atoms with Gasteiger partial charge >= 0.3 is 0 Å². The van der Waals surface area contributed by atoms with Crippen LogP contribution in [0.1, 0.15) is 77.0 Å². The highest BCUT2D eigenvalue weighted by Gasteiger charge is 2.39. The quantitative estimate of drug-likeness (QED) is 0.291. The first-order valence-corrected chi connectivity index (χ1v) is 14.4. The fourth-order valence-electron chi connectivity index (χ4n) is 5.76. The Balaban J connectivity index is 1.57. The lowest BCUT2D eigenvalue weighted by Crippen LogP contribution is -2.54. The molecule has 0 spiro atoms. The fraction of sp³-hybridized carbons (Fsp3) is 0.870. The second kappa shape index (κ2) is 11.6. The Morgan fingerprint density at radius 1 is 1.00 bits per heavy atom. The number of amidine groups is 1. The predicted molar refractivity (Wildman–Crippen MR) is 128 cm³/mol. The molecule has 0 aromatic rings.